The normalized spacial score (nSPS) is 10.2. The van der Waals surface area contributed by atoms with Gasteiger partial charge in [-0.3, -0.25) is 0 Å². The third-order valence-corrected chi connectivity index (χ3v) is 3.54. The van der Waals surface area contributed by atoms with E-state index in [0.717, 1.165) is 15.7 Å². The number of rotatable bonds is 4. The van der Waals surface area contributed by atoms with Crippen LogP contribution in [0.4, 0.5) is 10.1 Å². The molecule has 2 aromatic rings. The molecule has 0 spiro atoms. The predicted octanol–water partition coefficient (Wildman–Crippen LogP) is 3.99. The van der Waals surface area contributed by atoms with Crippen LogP contribution in [0.2, 0.25) is 0 Å². The van der Waals surface area contributed by atoms with Crippen LogP contribution in [0.5, 0.6) is 0 Å². The molecule has 0 fully saturated rings. The largest absolute Gasteiger partial charge is 0.465 e. The Labute approximate surface area is 124 Å². The van der Waals surface area contributed by atoms with E-state index >= 15 is 0 Å². The lowest BCUT2D eigenvalue weighted by Crippen LogP contribution is -2.04. The zero-order valence-electron chi connectivity index (χ0n) is 10.8. The fourth-order valence-electron chi connectivity index (χ4n) is 1.70. The molecule has 2 aromatic carbocycles. The number of esters is 1. The first-order valence-corrected chi connectivity index (χ1v) is 6.75. The monoisotopic (exact) mass is 337 g/mol. The van der Waals surface area contributed by atoms with Gasteiger partial charge in [-0.15, -0.1) is 0 Å². The minimum absolute atomic E-state index is 0.265. The maximum absolute atomic E-state index is 12.8. The van der Waals surface area contributed by atoms with Gasteiger partial charge in [0.1, 0.15) is 5.82 Å². The second-order valence-electron chi connectivity index (χ2n) is 4.16. The number of methoxy groups -OCH3 is 1. The van der Waals surface area contributed by atoms with Crippen LogP contribution in [0.1, 0.15) is 15.9 Å². The highest BCUT2D eigenvalue weighted by Crippen LogP contribution is 2.20. The molecule has 5 heteroatoms. The summed E-state index contributed by atoms with van der Waals surface area (Å²) in [5, 5.41) is 3.18. The van der Waals surface area contributed by atoms with Gasteiger partial charge in [0, 0.05) is 16.7 Å². The first-order valence-electron chi connectivity index (χ1n) is 5.96. The quantitative estimate of drug-likeness (QED) is 0.857. The Bertz CT molecular complexity index is 614. The summed E-state index contributed by atoms with van der Waals surface area (Å²) in [6, 6.07) is 11.4. The molecule has 0 radical (unpaired) electrons. The maximum Gasteiger partial charge on any atom is 0.337 e. The summed E-state index contributed by atoms with van der Waals surface area (Å²) >= 11 is 3.42. The molecule has 0 aliphatic heterocycles. The van der Waals surface area contributed by atoms with Crippen molar-refractivity contribution in [2.24, 2.45) is 0 Å². The molecule has 0 amide bonds. The Balaban J connectivity index is 2.06. The second kappa shape index (κ2) is 6.52. The van der Waals surface area contributed by atoms with E-state index in [1.165, 1.54) is 19.2 Å². The summed E-state index contributed by atoms with van der Waals surface area (Å²) in [4.78, 5) is 11.4. The number of hydrogen-bond acceptors (Lipinski definition) is 3. The van der Waals surface area contributed by atoms with E-state index in [-0.39, 0.29) is 11.8 Å². The standard InChI is InChI=1S/C15H13BrFNO2/c1-20-15(19)10-2-3-11(14(16)8-10)9-18-13-6-4-12(17)5-7-13/h2-8,18H,9H2,1H3. The van der Waals surface area contributed by atoms with E-state index in [9.17, 15) is 9.18 Å². The van der Waals surface area contributed by atoms with Crippen LogP contribution < -0.4 is 5.32 Å². The van der Waals surface area contributed by atoms with Crippen molar-refractivity contribution in [3.05, 3.63) is 63.9 Å². The van der Waals surface area contributed by atoms with Gasteiger partial charge >= 0.3 is 5.97 Å². The first-order chi connectivity index (χ1) is 9.60. The third-order valence-electron chi connectivity index (χ3n) is 2.80. The van der Waals surface area contributed by atoms with E-state index in [1.807, 2.05) is 6.07 Å². The molecule has 1 N–H and O–H groups in total. The third kappa shape index (κ3) is 3.57. The molecule has 0 aromatic heterocycles. The van der Waals surface area contributed by atoms with Crippen LogP contribution in [0.3, 0.4) is 0 Å². The van der Waals surface area contributed by atoms with Crippen LogP contribution in [0.15, 0.2) is 46.9 Å². The number of carbonyl (C=O) groups is 1. The van der Waals surface area contributed by atoms with E-state index in [1.54, 1.807) is 24.3 Å². The maximum atomic E-state index is 12.8. The highest BCUT2D eigenvalue weighted by molar-refractivity contribution is 9.10. The van der Waals surface area contributed by atoms with E-state index < -0.39 is 0 Å². The topological polar surface area (TPSA) is 38.3 Å². The zero-order valence-corrected chi connectivity index (χ0v) is 12.4. The smallest absolute Gasteiger partial charge is 0.337 e. The molecule has 104 valence electrons. The molecule has 0 bridgehead atoms. The van der Waals surface area contributed by atoms with Crippen molar-refractivity contribution in [1.82, 2.24) is 0 Å². The molecule has 0 atom stereocenters. The zero-order chi connectivity index (χ0) is 14.5. The van der Waals surface area contributed by atoms with Crippen molar-refractivity contribution >= 4 is 27.6 Å². The lowest BCUT2D eigenvalue weighted by Gasteiger charge is -2.09. The fourth-order valence-corrected chi connectivity index (χ4v) is 2.22. The molecule has 0 saturated heterocycles. The molecule has 20 heavy (non-hydrogen) atoms. The van der Waals surface area contributed by atoms with Crippen molar-refractivity contribution in [1.29, 1.82) is 0 Å². The van der Waals surface area contributed by atoms with Crippen molar-refractivity contribution in [2.75, 3.05) is 12.4 Å². The lowest BCUT2D eigenvalue weighted by atomic mass is 10.1. The molecule has 0 aliphatic carbocycles. The number of hydrogen-bond donors (Lipinski definition) is 1. The molecule has 0 aliphatic rings. The summed E-state index contributed by atoms with van der Waals surface area (Å²) in [7, 11) is 1.35. The minimum Gasteiger partial charge on any atom is -0.465 e. The number of nitrogens with one attached hydrogen (secondary N) is 1. The Hall–Kier alpha value is -1.88. The Kier molecular flexibility index (Phi) is 4.74. The molecule has 3 nitrogen and oxygen atoms in total. The molecular weight excluding hydrogens is 325 g/mol. The summed E-state index contributed by atoms with van der Waals surface area (Å²) in [6.45, 7) is 0.563. The van der Waals surface area contributed by atoms with Gasteiger partial charge in [-0.05, 0) is 42.0 Å². The van der Waals surface area contributed by atoms with Gasteiger partial charge in [-0.25, -0.2) is 9.18 Å². The van der Waals surface area contributed by atoms with E-state index in [4.69, 9.17) is 0 Å². The van der Waals surface area contributed by atoms with Crippen LogP contribution >= 0.6 is 15.9 Å². The van der Waals surface area contributed by atoms with Gasteiger partial charge in [-0.2, -0.15) is 0 Å². The van der Waals surface area contributed by atoms with E-state index in [0.29, 0.717) is 12.1 Å². The van der Waals surface area contributed by atoms with Gasteiger partial charge in [0.15, 0.2) is 0 Å². The van der Waals surface area contributed by atoms with Crippen molar-refractivity contribution in [3.63, 3.8) is 0 Å². The average Bonchev–Trinajstić information content (AvgIpc) is 2.46. The highest BCUT2D eigenvalue weighted by Gasteiger charge is 2.08. The van der Waals surface area contributed by atoms with Crippen molar-refractivity contribution in [2.45, 2.75) is 6.54 Å². The van der Waals surface area contributed by atoms with Crippen LogP contribution in [-0.2, 0) is 11.3 Å². The van der Waals surface area contributed by atoms with Crippen molar-refractivity contribution in [3.8, 4) is 0 Å². The Morgan fingerprint density at radius 1 is 1.25 bits per heavy atom. The summed E-state index contributed by atoms with van der Waals surface area (Å²) in [6.07, 6.45) is 0. The second-order valence-corrected chi connectivity index (χ2v) is 5.01. The fraction of sp³-hybridized carbons (Fsp3) is 0.133. The molecule has 2 rings (SSSR count). The summed E-state index contributed by atoms with van der Waals surface area (Å²) in [5.41, 5.74) is 2.31. The van der Waals surface area contributed by atoms with Crippen LogP contribution in [0.25, 0.3) is 0 Å². The minimum atomic E-state index is -0.372. The lowest BCUT2D eigenvalue weighted by molar-refractivity contribution is 0.0600. The number of benzene rings is 2. The van der Waals surface area contributed by atoms with Gasteiger partial charge in [0.05, 0.1) is 12.7 Å². The summed E-state index contributed by atoms with van der Waals surface area (Å²) < 4.78 is 18.3. The SMILES string of the molecule is COC(=O)c1ccc(CNc2ccc(F)cc2)c(Br)c1. The summed E-state index contributed by atoms with van der Waals surface area (Å²) in [5.74, 6) is -0.636. The Morgan fingerprint density at radius 2 is 1.95 bits per heavy atom. The van der Waals surface area contributed by atoms with Gasteiger partial charge in [0.25, 0.3) is 0 Å². The van der Waals surface area contributed by atoms with Gasteiger partial charge < -0.3 is 10.1 Å². The average molecular weight is 338 g/mol. The first kappa shape index (κ1) is 14.5. The molecular formula is C15H13BrFNO2. The van der Waals surface area contributed by atoms with Crippen molar-refractivity contribution < 1.29 is 13.9 Å². The number of anilines is 1. The number of carbonyl (C=O) groups excluding carboxylic acids is 1. The van der Waals surface area contributed by atoms with Gasteiger partial charge in [0.2, 0.25) is 0 Å². The van der Waals surface area contributed by atoms with Gasteiger partial charge in [-0.1, -0.05) is 22.0 Å². The number of ether oxygens (including phenoxy) is 1. The van der Waals surface area contributed by atoms with Crippen LogP contribution in [0, 0.1) is 5.82 Å². The molecule has 0 saturated carbocycles. The molecule has 0 unspecified atom stereocenters. The van der Waals surface area contributed by atoms with Crippen LogP contribution in [-0.4, -0.2) is 13.1 Å². The predicted molar refractivity (Wildman–Crippen MR) is 79.2 cm³/mol. The number of halogens is 2. The highest BCUT2D eigenvalue weighted by atomic mass is 79.9. The Morgan fingerprint density at radius 3 is 2.55 bits per heavy atom. The molecule has 0 heterocycles. The van der Waals surface area contributed by atoms with E-state index in [2.05, 4.69) is 26.0 Å².